The molecule has 2 rings (SSSR count). The number of nitrogens with two attached hydrogens (primary N) is 1. The highest BCUT2D eigenvalue weighted by Gasteiger charge is 2.23. The standard InChI is InChI=1S/C15H22N2O3/c1-3-19-14-12(7-4-8-13(14)16)15(18)17(2)10-11-6-5-9-20-11/h4,7-8,11H,3,5-6,9-10,16H2,1-2H3. The number of likely N-dealkylation sites (N-methyl/N-ethyl adjacent to an activating group) is 1. The number of nitrogens with zero attached hydrogens (tertiary/aromatic N) is 1. The third-order valence-electron chi connectivity index (χ3n) is 3.41. The van der Waals surface area contributed by atoms with Crippen molar-refractivity contribution >= 4 is 11.6 Å². The van der Waals surface area contributed by atoms with Crippen LogP contribution in [0.25, 0.3) is 0 Å². The summed E-state index contributed by atoms with van der Waals surface area (Å²) in [5.74, 6) is 0.385. The lowest BCUT2D eigenvalue weighted by Crippen LogP contribution is -2.34. The van der Waals surface area contributed by atoms with Crippen LogP contribution < -0.4 is 10.5 Å². The molecule has 1 unspecified atom stereocenters. The summed E-state index contributed by atoms with van der Waals surface area (Å²) < 4.78 is 11.1. The lowest BCUT2D eigenvalue weighted by Gasteiger charge is -2.22. The van der Waals surface area contributed by atoms with Crippen LogP contribution in [-0.2, 0) is 4.74 Å². The summed E-state index contributed by atoms with van der Waals surface area (Å²) in [6, 6.07) is 5.25. The number of rotatable bonds is 5. The van der Waals surface area contributed by atoms with Crippen LogP contribution in [-0.4, -0.2) is 43.7 Å². The van der Waals surface area contributed by atoms with Crippen LogP contribution in [0.3, 0.4) is 0 Å². The maximum absolute atomic E-state index is 12.5. The molecule has 1 fully saturated rings. The molecule has 1 heterocycles. The van der Waals surface area contributed by atoms with Gasteiger partial charge in [-0.05, 0) is 31.9 Å². The van der Waals surface area contributed by atoms with E-state index in [1.54, 1.807) is 30.1 Å². The Kier molecular flexibility index (Phi) is 4.84. The van der Waals surface area contributed by atoms with Crippen molar-refractivity contribution in [1.29, 1.82) is 0 Å². The summed E-state index contributed by atoms with van der Waals surface area (Å²) in [6.07, 6.45) is 2.21. The highest BCUT2D eigenvalue weighted by Crippen LogP contribution is 2.27. The van der Waals surface area contributed by atoms with E-state index in [1.165, 1.54) is 0 Å². The van der Waals surface area contributed by atoms with Crippen molar-refractivity contribution in [3.8, 4) is 5.75 Å². The SMILES string of the molecule is CCOc1c(N)cccc1C(=O)N(C)CC1CCCO1. The van der Waals surface area contributed by atoms with Gasteiger partial charge < -0.3 is 20.1 Å². The van der Waals surface area contributed by atoms with Gasteiger partial charge in [-0.15, -0.1) is 0 Å². The first-order valence-electron chi connectivity index (χ1n) is 7.01. The van der Waals surface area contributed by atoms with Crippen molar-refractivity contribution < 1.29 is 14.3 Å². The molecule has 2 N–H and O–H groups in total. The minimum absolute atomic E-state index is 0.0868. The van der Waals surface area contributed by atoms with E-state index in [4.69, 9.17) is 15.2 Å². The van der Waals surface area contributed by atoms with Crippen molar-refractivity contribution in [1.82, 2.24) is 4.90 Å². The van der Waals surface area contributed by atoms with Gasteiger partial charge in [0.2, 0.25) is 0 Å². The zero-order chi connectivity index (χ0) is 14.5. The quantitative estimate of drug-likeness (QED) is 0.836. The molecule has 1 aliphatic rings. The van der Waals surface area contributed by atoms with Gasteiger partial charge in [-0.1, -0.05) is 6.07 Å². The second kappa shape index (κ2) is 6.61. The van der Waals surface area contributed by atoms with E-state index in [-0.39, 0.29) is 12.0 Å². The molecule has 0 aromatic heterocycles. The fourth-order valence-corrected chi connectivity index (χ4v) is 2.41. The number of nitrogen functional groups attached to an aromatic ring is 1. The minimum Gasteiger partial charge on any atom is -0.491 e. The van der Waals surface area contributed by atoms with Crippen molar-refractivity contribution in [2.45, 2.75) is 25.9 Å². The minimum atomic E-state index is -0.0868. The van der Waals surface area contributed by atoms with Crippen molar-refractivity contribution in [2.75, 3.05) is 32.5 Å². The molecule has 1 aliphatic heterocycles. The van der Waals surface area contributed by atoms with E-state index in [2.05, 4.69) is 0 Å². The molecule has 1 amide bonds. The summed E-state index contributed by atoms with van der Waals surface area (Å²) in [6.45, 7) is 3.73. The van der Waals surface area contributed by atoms with Crippen LogP contribution in [0.4, 0.5) is 5.69 Å². The van der Waals surface area contributed by atoms with E-state index in [1.807, 2.05) is 6.92 Å². The van der Waals surface area contributed by atoms with E-state index in [9.17, 15) is 4.79 Å². The largest absolute Gasteiger partial charge is 0.491 e. The number of carbonyl (C=O) groups is 1. The van der Waals surface area contributed by atoms with Gasteiger partial charge in [0.1, 0.15) is 0 Å². The molecule has 0 saturated carbocycles. The fourth-order valence-electron chi connectivity index (χ4n) is 2.41. The van der Waals surface area contributed by atoms with Gasteiger partial charge >= 0.3 is 0 Å². The number of amides is 1. The Morgan fingerprint density at radius 1 is 1.55 bits per heavy atom. The summed E-state index contributed by atoms with van der Waals surface area (Å²) in [7, 11) is 1.78. The number of para-hydroxylation sites is 1. The topological polar surface area (TPSA) is 64.8 Å². The highest BCUT2D eigenvalue weighted by atomic mass is 16.5. The molecule has 0 spiro atoms. The molecule has 1 atom stereocenters. The molecule has 1 aromatic carbocycles. The molecule has 0 aliphatic carbocycles. The van der Waals surface area contributed by atoms with E-state index in [0.29, 0.717) is 30.2 Å². The average Bonchev–Trinajstić information content (AvgIpc) is 2.93. The van der Waals surface area contributed by atoms with Crippen LogP contribution in [0, 0.1) is 0 Å². The van der Waals surface area contributed by atoms with Crippen LogP contribution in [0.15, 0.2) is 18.2 Å². The lowest BCUT2D eigenvalue weighted by atomic mass is 10.1. The average molecular weight is 278 g/mol. The first-order chi connectivity index (χ1) is 9.63. The molecule has 0 bridgehead atoms. The summed E-state index contributed by atoms with van der Waals surface area (Å²) >= 11 is 0. The molecule has 20 heavy (non-hydrogen) atoms. The second-order valence-electron chi connectivity index (χ2n) is 4.98. The third kappa shape index (κ3) is 3.22. The number of benzene rings is 1. The van der Waals surface area contributed by atoms with E-state index >= 15 is 0 Å². The van der Waals surface area contributed by atoms with E-state index < -0.39 is 0 Å². The Morgan fingerprint density at radius 3 is 3.00 bits per heavy atom. The second-order valence-corrected chi connectivity index (χ2v) is 4.98. The molecule has 1 saturated heterocycles. The Bertz CT molecular complexity index is 470. The number of ether oxygens (including phenoxy) is 2. The molecule has 1 aromatic rings. The molecule has 5 heteroatoms. The molecule has 5 nitrogen and oxygen atoms in total. The van der Waals surface area contributed by atoms with Gasteiger partial charge in [0.15, 0.2) is 5.75 Å². The Morgan fingerprint density at radius 2 is 2.35 bits per heavy atom. The number of hydrogen-bond donors (Lipinski definition) is 1. The number of anilines is 1. The normalized spacial score (nSPS) is 18.0. The fraction of sp³-hybridized carbons (Fsp3) is 0.533. The molecule has 0 radical (unpaired) electrons. The molecular formula is C15H22N2O3. The lowest BCUT2D eigenvalue weighted by molar-refractivity contribution is 0.0584. The van der Waals surface area contributed by atoms with Crippen molar-refractivity contribution in [2.24, 2.45) is 0 Å². The summed E-state index contributed by atoms with van der Waals surface area (Å²) in [4.78, 5) is 14.2. The number of carbonyl (C=O) groups excluding carboxylic acids is 1. The van der Waals surface area contributed by atoms with Crippen molar-refractivity contribution in [3.05, 3.63) is 23.8 Å². The van der Waals surface area contributed by atoms with Crippen LogP contribution >= 0.6 is 0 Å². The number of hydrogen-bond acceptors (Lipinski definition) is 4. The highest BCUT2D eigenvalue weighted by molar-refractivity contribution is 5.98. The van der Waals surface area contributed by atoms with Crippen LogP contribution in [0.1, 0.15) is 30.1 Å². The first-order valence-corrected chi connectivity index (χ1v) is 7.01. The Balaban J connectivity index is 2.13. The van der Waals surface area contributed by atoms with Crippen LogP contribution in [0.2, 0.25) is 0 Å². The zero-order valence-electron chi connectivity index (χ0n) is 12.1. The van der Waals surface area contributed by atoms with Gasteiger partial charge in [-0.2, -0.15) is 0 Å². The maximum Gasteiger partial charge on any atom is 0.257 e. The maximum atomic E-state index is 12.5. The van der Waals surface area contributed by atoms with Gasteiger partial charge in [0, 0.05) is 20.2 Å². The predicted octanol–water partition coefficient (Wildman–Crippen LogP) is 1.92. The van der Waals surface area contributed by atoms with Crippen LogP contribution in [0.5, 0.6) is 5.75 Å². The third-order valence-corrected chi connectivity index (χ3v) is 3.41. The van der Waals surface area contributed by atoms with E-state index in [0.717, 1.165) is 19.4 Å². The summed E-state index contributed by atoms with van der Waals surface area (Å²) in [5, 5.41) is 0. The Labute approximate surface area is 119 Å². The monoisotopic (exact) mass is 278 g/mol. The molecule has 110 valence electrons. The first kappa shape index (κ1) is 14.7. The van der Waals surface area contributed by atoms with Gasteiger partial charge in [-0.3, -0.25) is 4.79 Å². The smallest absolute Gasteiger partial charge is 0.257 e. The van der Waals surface area contributed by atoms with Crippen molar-refractivity contribution in [3.63, 3.8) is 0 Å². The zero-order valence-corrected chi connectivity index (χ0v) is 12.1. The van der Waals surface area contributed by atoms with Gasteiger partial charge in [0.05, 0.1) is 24.0 Å². The Hall–Kier alpha value is -1.75. The predicted molar refractivity (Wildman–Crippen MR) is 78.0 cm³/mol. The molecular weight excluding hydrogens is 256 g/mol. The van der Waals surface area contributed by atoms with Gasteiger partial charge in [-0.25, -0.2) is 0 Å². The summed E-state index contributed by atoms with van der Waals surface area (Å²) in [5.41, 5.74) is 6.88. The van der Waals surface area contributed by atoms with Gasteiger partial charge in [0.25, 0.3) is 5.91 Å².